The predicted molar refractivity (Wildman–Crippen MR) is 453 cm³/mol. The molecule has 0 fully saturated rings. The zero-order valence-corrected chi connectivity index (χ0v) is 74.4. The van der Waals surface area contributed by atoms with Gasteiger partial charge in [0.15, 0.2) is 0 Å². The number of rotatable bonds is 64. The van der Waals surface area contributed by atoms with Gasteiger partial charge in [-0.3, -0.25) is 14.4 Å². The van der Waals surface area contributed by atoms with Crippen LogP contribution in [0, 0.1) is 23.0 Å². The lowest BCUT2D eigenvalue weighted by Gasteiger charge is -2.35. The summed E-state index contributed by atoms with van der Waals surface area (Å²) >= 11 is 0. The molecule has 0 saturated heterocycles. The topological polar surface area (TPSA) is 427 Å². The van der Waals surface area contributed by atoms with Crippen molar-refractivity contribution >= 4 is 66.1 Å². The second-order valence-electron chi connectivity index (χ2n) is 30.8. The van der Waals surface area contributed by atoms with E-state index < -0.39 is 29.7 Å². The summed E-state index contributed by atoms with van der Waals surface area (Å²) in [4.78, 5) is 137. The molecular formula is C86H152N10O22. The molecule has 0 unspecified atom stereocenters. The summed E-state index contributed by atoms with van der Waals surface area (Å²) in [7, 11) is 1.66. The predicted octanol–water partition coefficient (Wildman–Crippen LogP) is 14.4. The number of alkyl carbamates (subject to hydrolysis) is 2. The van der Waals surface area contributed by atoms with Crippen molar-refractivity contribution < 1.29 is 105 Å². The van der Waals surface area contributed by atoms with E-state index in [1.807, 2.05) is 41.5 Å². The highest BCUT2D eigenvalue weighted by Crippen LogP contribution is 2.18. The number of aliphatic hydroxyl groups excluding tert-OH is 1. The summed E-state index contributed by atoms with van der Waals surface area (Å²) in [6.07, 6.45) is 31.6. The van der Waals surface area contributed by atoms with Crippen molar-refractivity contribution in [3.05, 3.63) is 36.5 Å². The van der Waals surface area contributed by atoms with Gasteiger partial charge in [-0.2, -0.15) is 10.5 Å². The average Bonchev–Trinajstić information content (AvgIpc) is 0.868. The minimum absolute atomic E-state index is 0.0376. The summed E-state index contributed by atoms with van der Waals surface area (Å²) in [5.74, 6) is -1.64. The Morgan fingerprint density at radius 2 is 0.712 bits per heavy atom. The minimum Gasteiger partial charge on any atom is -0.466 e. The number of nitriles is 2. The smallest absolute Gasteiger partial charge is 0.407 e. The Hall–Kier alpha value is -8.93. The number of methoxy groups -OCH3 is 1. The third-order valence-electron chi connectivity index (χ3n) is 16.4. The Balaban J connectivity index is -0.000000561. The molecule has 5 N–H and O–H groups in total. The van der Waals surface area contributed by atoms with Gasteiger partial charge in [0.05, 0.1) is 52.6 Å². The first-order valence-electron chi connectivity index (χ1n) is 42.0. The van der Waals surface area contributed by atoms with Gasteiger partial charge in [-0.25, -0.2) is 48.3 Å². The molecule has 0 aromatic carbocycles. The highest BCUT2D eigenvalue weighted by molar-refractivity contribution is 5.88. The number of carbonyl (C=O) groups is 9. The van der Waals surface area contributed by atoms with Gasteiger partial charge < -0.3 is 83.5 Å². The van der Waals surface area contributed by atoms with Gasteiger partial charge in [0, 0.05) is 99.1 Å². The number of carbonyl (C=O) groups excluding carboxylic acids is 11. The number of hydrogen-bond acceptors (Lipinski definition) is 27. The third kappa shape index (κ3) is 89.4. The van der Waals surface area contributed by atoms with Crippen molar-refractivity contribution in [1.82, 2.24) is 31.1 Å². The molecule has 0 aliphatic heterocycles. The molecule has 0 spiro atoms. The lowest BCUT2D eigenvalue weighted by molar-refractivity contribution is -0.144. The standard InChI is InChI=1S/C42H74N4O10.C21H35N3O6.C10H19NO2.C8H12N2O2.C5H12O2/c1-33(2)37(49)54-31-27-45(41(5,6)7)35(47)23-17-13-11-16-20-26-44-40(52)56-30-22-21-29-53-36(48)24-18-14-12-15-19-25-43-39(51)46(42(8,9)10)28-32-55-38(50)34(3)4;22-18-28-15-9-5-1-2-6-12-20(26)29-16-10-11-17-30-21(27)24-14-8-4-3-7-13-23-19-25;1-8(2)9(12)13-7-6-11-10(3,4)5;9-7-12-6-4-2-1-3-5-10-8-11;1-7-5-3-2-4-6/h1,3,11-32H2,2,4-10H3,(H,43,51)(H,44,52);1-17H2,(H,24,27);11H,1,6-7H2,2-5H3;1-6H2;6H,2-5H2,1H3. The Morgan fingerprint density at radius 3 is 1.08 bits per heavy atom. The highest BCUT2D eigenvalue weighted by Gasteiger charge is 2.28. The zero-order valence-electron chi connectivity index (χ0n) is 74.4. The lowest BCUT2D eigenvalue weighted by Crippen LogP contribution is -2.51. The fourth-order valence-corrected chi connectivity index (χ4v) is 9.90. The molecule has 0 aliphatic carbocycles. The van der Waals surface area contributed by atoms with Crippen LogP contribution in [-0.4, -0.2) is 230 Å². The first-order chi connectivity index (χ1) is 56.1. The van der Waals surface area contributed by atoms with Crippen LogP contribution in [0.15, 0.2) is 46.4 Å². The van der Waals surface area contributed by atoms with Crippen LogP contribution in [0.5, 0.6) is 0 Å². The molecule has 0 aromatic rings. The van der Waals surface area contributed by atoms with Gasteiger partial charge in [0.1, 0.15) is 33.0 Å². The Bertz CT molecular complexity index is 2770. The lowest BCUT2D eigenvalue weighted by atomic mass is 10.0. The maximum atomic E-state index is 12.8. The second kappa shape index (κ2) is 83.1. The van der Waals surface area contributed by atoms with E-state index in [0.29, 0.717) is 141 Å². The van der Waals surface area contributed by atoms with E-state index in [0.717, 1.165) is 167 Å². The number of urea groups is 1. The highest BCUT2D eigenvalue weighted by atomic mass is 16.6. The van der Waals surface area contributed by atoms with Gasteiger partial charge in [-0.05, 0) is 192 Å². The second-order valence-corrected chi connectivity index (χ2v) is 30.8. The molecule has 0 radical (unpaired) electrons. The van der Waals surface area contributed by atoms with Crippen molar-refractivity contribution in [2.24, 2.45) is 9.98 Å². The van der Waals surface area contributed by atoms with Gasteiger partial charge in [0.2, 0.25) is 18.1 Å². The molecule has 0 heterocycles. The molecule has 118 heavy (non-hydrogen) atoms. The summed E-state index contributed by atoms with van der Waals surface area (Å²) in [6.45, 7) is 41.0. The van der Waals surface area contributed by atoms with Crippen LogP contribution in [0.1, 0.15) is 289 Å². The van der Waals surface area contributed by atoms with E-state index in [4.69, 9.17) is 53.5 Å². The van der Waals surface area contributed by atoms with Crippen LogP contribution in [0.4, 0.5) is 14.4 Å². The number of aliphatic hydroxyl groups is 1. The van der Waals surface area contributed by atoms with E-state index in [9.17, 15) is 52.7 Å². The number of esters is 5. The van der Waals surface area contributed by atoms with Crippen LogP contribution in [-0.2, 0) is 85.7 Å². The minimum atomic E-state index is -0.471. The molecule has 0 atom stereocenters. The number of nitrogens with one attached hydrogen (secondary N) is 4. The Morgan fingerprint density at radius 1 is 0.381 bits per heavy atom. The third-order valence-corrected chi connectivity index (χ3v) is 16.4. The number of amides is 5. The van der Waals surface area contributed by atoms with Crippen LogP contribution in [0.2, 0.25) is 0 Å². The van der Waals surface area contributed by atoms with E-state index in [1.165, 1.54) is 12.2 Å². The quantitative estimate of drug-likeness (QED) is 0.00718. The SMILES string of the molecule is C=C(C)C(=O)OCCN(C(=O)CCCCCCCNC(=O)OCCCCOC(=O)CCCCCCCNC(=O)N(CCOC(=O)C(=C)C)C(C)(C)C)C(C)(C)C.C=C(C)C(=O)OCCNC(C)(C)C.COCCCCO.N#COCCCCCCCC(=O)OCCCCOC(=O)NCCCCCCN=C=O.N#COCCCCCCN=C=O. The molecule has 0 bridgehead atoms. The van der Waals surface area contributed by atoms with Crippen molar-refractivity contribution in [3.63, 3.8) is 0 Å². The van der Waals surface area contributed by atoms with Crippen LogP contribution >= 0.6 is 0 Å². The van der Waals surface area contributed by atoms with E-state index >= 15 is 0 Å². The molecule has 5 amide bonds. The fourth-order valence-electron chi connectivity index (χ4n) is 9.90. The Labute approximate surface area is 706 Å². The normalized spacial score (nSPS) is 10.4. The van der Waals surface area contributed by atoms with Gasteiger partial charge >= 0.3 is 48.1 Å². The summed E-state index contributed by atoms with van der Waals surface area (Å²) in [6, 6.07) is -0.202. The number of unbranched alkanes of at least 4 members (excludes halogenated alkanes) is 21. The maximum Gasteiger partial charge on any atom is 0.407 e. The number of nitrogens with zero attached hydrogens (tertiary/aromatic N) is 6. The first kappa shape index (κ1) is 118. The number of aliphatic imine (C=N–C) groups is 2. The summed E-state index contributed by atoms with van der Waals surface area (Å²) in [5.41, 5.74) is 0.348. The van der Waals surface area contributed by atoms with Gasteiger partial charge in [-0.15, -0.1) is 0 Å². The van der Waals surface area contributed by atoms with Crippen LogP contribution in [0.3, 0.4) is 0 Å². The van der Waals surface area contributed by atoms with Crippen LogP contribution < -0.4 is 21.3 Å². The molecule has 678 valence electrons. The van der Waals surface area contributed by atoms with E-state index in [1.54, 1.807) is 50.2 Å². The Kier molecular flexibility index (Phi) is 82.9. The molecule has 32 heteroatoms. The first-order valence-corrected chi connectivity index (χ1v) is 42.0. The molecule has 0 rings (SSSR count). The monoisotopic (exact) mass is 1680 g/mol. The molecular weight excluding hydrogens is 1520 g/mol. The van der Waals surface area contributed by atoms with Crippen LogP contribution in [0.25, 0.3) is 0 Å². The molecule has 0 aliphatic rings. The molecule has 0 aromatic heterocycles. The average molecular weight is 1680 g/mol. The largest absolute Gasteiger partial charge is 0.466 e. The van der Waals surface area contributed by atoms with Crippen molar-refractivity contribution in [2.75, 3.05) is 132 Å². The molecule has 32 nitrogen and oxygen atoms in total. The van der Waals surface area contributed by atoms with Gasteiger partial charge in [0.25, 0.3) is 12.5 Å². The van der Waals surface area contributed by atoms with Crippen molar-refractivity contribution in [1.29, 1.82) is 10.5 Å². The number of hydrogen-bond donors (Lipinski definition) is 5. The fraction of sp³-hybridized carbons (Fsp3) is 0.779. The number of isocyanates is 2. The van der Waals surface area contributed by atoms with Gasteiger partial charge in [-0.1, -0.05) is 96.8 Å². The zero-order chi connectivity index (χ0) is 89.8. The summed E-state index contributed by atoms with van der Waals surface area (Å²) in [5, 5.41) is 36.1. The number of ether oxygens (including phenoxy) is 10. The van der Waals surface area contributed by atoms with E-state index in [2.05, 4.69) is 81.2 Å². The summed E-state index contributed by atoms with van der Waals surface area (Å²) < 4.78 is 49.7. The van der Waals surface area contributed by atoms with Crippen molar-refractivity contribution in [3.8, 4) is 12.5 Å². The molecule has 0 saturated carbocycles. The van der Waals surface area contributed by atoms with E-state index in [-0.39, 0.29) is 80.5 Å². The van der Waals surface area contributed by atoms with Crippen molar-refractivity contribution in [2.45, 2.75) is 305 Å². The maximum absolute atomic E-state index is 12.8.